The summed E-state index contributed by atoms with van der Waals surface area (Å²) in [6.07, 6.45) is -0.119. The number of esters is 1. The fraction of sp³-hybridized carbons (Fsp3) is 0.265. The smallest absolute Gasteiger partial charge is 0.338 e. The molecule has 0 fully saturated rings. The van der Waals surface area contributed by atoms with Crippen LogP contribution in [-0.4, -0.2) is 38.7 Å². The molecule has 4 aromatic carbocycles. The number of benzene rings is 4. The number of halogens is 3. The third kappa shape index (κ3) is 11.2. The second-order valence-electron chi connectivity index (χ2n) is 10.1. The van der Waals surface area contributed by atoms with Crippen molar-refractivity contribution >= 4 is 49.8 Å². The molecule has 0 amide bonds. The molecule has 0 N–H and O–H groups in total. The SMILES string of the molecule is COc1ccc(COP(OCc2ccc(OC)c(F)c2)c2ccc(Oc3cc(OC(C)C)cc(C(=O)OCCSI)c3)cc2)cc1F. The highest BCUT2D eigenvalue weighted by atomic mass is 127. The first-order valence-corrected chi connectivity index (χ1v) is 19.1. The number of hydrogen-bond acceptors (Lipinski definition) is 9. The molecule has 0 bridgehead atoms. The van der Waals surface area contributed by atoms with E-state index in [4.69, 9.17) is 32.7 Å². The fourth-order valence-corrected chi connectivity index (χ4v) is 6.15. The van der Waals surface area contributed by atoms with Crippen molar-refractivity contribution in [3.63, 3.8) is 0 Å². The molecule has 0 aliphatic carbocycles. The van der Waals surface area contributed by atoms with E-state index in [9.17, 15) is 13.6 Å². The highest BCUT2D eigenvalue weighted by Gasteiger charge is 2.18. The second kappa shape index (κ2) is 18.4. The van der Waals surface area contributed by atoms with Gasteiger partial charge in [-0.2, -0.15) is 0 Å². The van der Waals surface area contributed by atoms with Crippen molar-refractivity contribution in [1.29, 1.82) is 0 Å². The maximum atomic E-state index is 14.3. The van der Waals surface area contributed by atoms with Crippen LogP contribution >= 0.6 is 38.5 Å². The van der Waals surface area contributed by atoms with Crippen molar-refractivity contribution in [3.05, 3.63) is 107 Å². The number of carbonyl (C=O) groups excluding carboxylic acids is 1. The molecule has 250 valence electrons. The summed E-state index contributed by atoms with van der Waals surface area (Å²) >= 11 is 2.15. The van der Waals surface area contributed by atoms with Crippen molar-refractivity contribution in [2.45, 2.75) is 33.2 Å². The largest absolute Gasteiger partial charge is 0.494 e. The molecule has 0 radical (unpaired) electrons. The molecule has 0 atom stereocenters. The van der Waals surface area contributed by atoms with Crippen LogP contribution in [0.25, 0.3) is 0 Å². The summed E-state index contributed by atoms with van der Waals surface area (Å²) in [5.41, 5.74) is 1.48. The minimum atomic E-state index is -1.70. The van der Waals surface area contributed by atoms with Crippen LogP contribution in [0.5, 0.6) is 28.7 Å². The van der Waals surface area contributed by atoms with E-state index in [0.29, 0.717) is 45.0 Å². The zero-order valence-corrected chi connectivity index (χ0v) is 30.0. The van der Waals surface area contributed by atoms with Crippen LogP contribution < -0.4 is 24.3 Å². The predicted octanol–water partition coefficient (Wildman–Crippen LogP) is 9.17. The van der Waals surface area contributed by atoms with Gasteiger partial charge >= 0.3 is 5.97 Å². The molecule has 0 aliphatic rings. The molecule has 13 heteroatoms. The van der Waals surface area contributed by atoms with Crippen molar-refractivity contribution in [1.82, 2.24) is 0 Å². The highest BCUT2D eigenvalue weighted by Crippen LogP contribution is 2.41. The fourth-order valence-electron chi connectivity index (χ4n) is 4.16. The van der Waals surface area contributed by atoms with Crippen molar-refractivity contribution in [2.24, 2.45) is 0 Å². The molecule has 0 saturated heterocycles. The molecule has 0 unspecified atom stereocenters. The van der Waals surface area contributed by atoms with E-state index in [1.807, 2.05) is 13.8 Å². The molecular formula is C34H34F2IO8PS. The molecule has 8 nitrogen and oxygen atoms in total. The molecule has 0 spiro atoms. The first-order valence-electron chi connectivity index (χ1n) is 14.4. The van der Waals surface area contributed by atoms with Gasteiger partial charge in [0.1, 0.15) is 23.9 Å². The molecular weight excluding hydrogens is 764 g/mol. The second-order valence-corrected chi connectivity index (χ2v) is 14.2. The first kappa shape index (κ1) is 36.7. The Morgan fingerprint density at radius 2 is 1.36 bits per heavy atom. The van der Waals surface area contributed by atoms with Gasteiger partial charge in [0.15, 0.2) is 23.1 Å². The van der Waals surface area contributed by atoms with Crippen molar-refractivity contribution in [2.75, 3.05) is 26.6 Å². The normalized spacial score (nSPS) is 11.1. The standard InChI is InChI=1S/C34H34F2IO8PS/c1-22(2)44-27-17-25(34(38)41-13-14-47-37)18-28(19-27)45-26-7-9-29(10-8-26)46(42-20-23-5-11-32(39-3)30(35)15-23)43-21-24-6-12-33(40-4)31(36)16-24/h5-12,15-19,22H,13-14,20-21H2,1-4H3. The highest BCUT2D eigenvalue weighted by molar-refractivity contribution is 14.2. The Balaban J connectivity index is 1.53. The van der Waals surface area contributed by atoms with Gasteiger partial charge in [0.2, 0.25) is 8.38 Å². The predicted molar refractivity (Wildman–Crippen MR) is 188 cm³/mol. The Bertz CT molecular complexity index is 1570. The van der Waals surface area contributed by atoms with Gasteiger partial charge in [-0.15, -0.1) is 0 Å². The molecule has 0 saturated carbocycles. The zero-order chi connectivity index (χ0) is 33.8. The van der Waals surface area contributed by atoms with Crippen molar-refractivity contribution in [3.8, 4) is 28.7 Å². The molecule has 0 aromatic heterocycles. The summed E-state index contributed by atoms with van der Waals surface area (Å²) in [4.78, 5) is 12.7. The van der Waals surface area contributed by atoms with Crippen molar-refractivity contribution < 1.29 is 46.3 Å². The molecule has 4 aromatic rings. The summed E-state index contributed by atoms with van der Waals surface area (Å²) < 4.78 is 68.2. The van der Waals surface area contributed by atoms with E-state index in [1.54, 1.807) is 63.5 Å². The summed E-state index contributed by atoms with van der Waals surface area (Å²) in [5.74, 6) is 0.798. The van der Waals surface area contributed by atoms with E-state index in [2.05, 4.69) is 21.2 Å². The number of hydrogen-bond donors (Lipinski definition) is 0. The van der Waals surface area contributed by atoms with Gasteiger partial charge in [-0.05, 0) is 107 Å². The third-order valence-electron chi connectivity index (χ3n) is 6.29. The Labute approximate surface area is 290 Å². The topological polar surface area (TPSA) is 81.7 Å². The lowest BCUT2D eigenvalue weighted by molar-refractivity contribution is 0.0529. The van der Waals surface area contributed by atoms with E-state index in [0.717, 1.165) is 0 Å². The summed E-state index contributed by atoms with van der Waals surface area (Å²) in [6.45, 7) is 4.17. The number of ether oxygens (including phenoxy) is 5. The average molecular weight is 799 g/mol. The Hall–Kier alpha value is -3.16. The Morgan fingerprint density at radius 1 is 0.787 bits per heavy atom. The minimum absolute atomic E-state index is 0.0554. The average Bonchev–Trinajstić information content (AvgIpc) is 3.05. The quantitative estimate of drug-likeness (QED) is 0.0450. The number of rotatable bonds is 17. The molecule has 0 aliphatic heterocycles. The Kier molecular flexibility index (Phi) is 14.4. The van der Waals surface area contributed by atoms with E-state index in [1.165, 1.54) is 38.5 Å². The van der Waals surface area contributed by atoms with Gasteiger partial charge in [-0.3, -0.25) is 0 Å². The lowest BCUT2D eigenvalue weighted by Crippen LogP contribution is -2.10. The summed E-state index contributed by atoms with van der Waals surface area (Å²) in [5, 5.41) is 0.699. The van der Waals surface area contributed by atoms with Gasteiger partial charge in [0.25, 0.3) is 0 Å². The van der Waals surface area contributed by atoms with Crippen LogP contribution in [0.1, 0.15) is 35.3 Å². The lowest BCUT2D eigenvalue weighted by Gasteiger charge is -2.19. The van der Waals surface area contributed by atoms with E-state index >= 15 is 0 Å². The maximum absolute atomic E-state index is 14.3. The van der Waals surface area contributed by atoms with Gasteiger partial charge in [-0.25, -0.2) is 13.6 Å². The van der Waals surface area contributed by atoms with Gasteiger partial charge in [0, 0.05) is 17.1 Å². The number of carbonyl (C=O) groups is 1. The lowest BCUT2D eigenvalue weighted by atomic mass is 10.2. The van der Waals surface area contributed by atoms with Crippen LogP contribution in [0.3, 0.4) is 0 Å². The monoisotopic (exact) mass is 798 g/mol. The molecule has 47 heavy (non-hydrogen) atoms. The van der Waals surface area contributed by atoms with Crippen LogP contribution in [0.2, 0.25) is 0 Å². The maximum Gasteiger partial charge on any atom is 0.338 e. The van der Waals surface area contributed by atoms with E-state index < -0.39 is 26.0 Å². The van der Waals surface area contributed by atoms with Gasteiger partial charge in [-0.1, -0.05) is 21.1 Å². The van der Waals surface area contributed by atoms with Crippen LogP contribution in [0, 0.1) is 11.6 Å². The van der Waals surface area contributed by atoms with E-state index in [-0.39, 0.29) is 37.4 Å². The number of methoxy groups -OCH3 is 2. The summed E-state index contributed by atoms with van der Waals surface area (Å²) in [6, 6.07) is 21.1. The van der Waals surface area contributed by atoms with Crippen LogP contribution in [0.15, 0.2) is 78.9 Å². The van der Waals surface area contributed by atoms with Gasteiger partial charge < -0.3 is 32.7 Å². The molecule has 4 rings (SSSR count). The minimum Gasteiger partial charge on any atom is -0.494 e. The zero-order valence-electron chi connectivity index (χ0n) is 26.2. The van der Waals surface area contributed by atoms with Gasteiger partial charge in [0.05, 0.1) is 39.1 Å². The van der Waals surface area contributed by atoms with Crippen LogP contribution in [-0.2, 0) is 27.0 Å². The molecule has 0 heterocycles. The first-order chi connectivity index (χ1) is 22.7. The Morgan fingerprint density at radius 3 is 1.87 bits per heavy atom. The third-order valence-corrected chi connectivity index (χ3v) is 9.38. The van der Waals surface area contributed by atoms with Crippen LogP contribution in [0.4, 0.5) is 8.78 Å². The summed E-state index contributed by atoms with van der Waals surface area (Å²) in [7, 11) is 2.65.